The molecule has 0 aromatic heterocycles. The van der Waals surface area contributed by atoms with Crippen molar-refractivity contribution in [3.8, 4) is 0 Å². The van der Waals surface area contributed by atoms with Gasteiger partial charge in [0.15, 0.2) is 8.32 Å². The molecule has 0 spiro atoms. The number of carbonyl (C=O) groups excluding carboxylic acids is 1. The van der Waals surface area contributed by atoms with Crippen molar-refractivity contribution in [1.29, 1.82) is 0 Å². The summed E-state index contributed by atoms with van der Waals surface area (Å²) in [5, 5.41) is 11.7. The number of carbonyl (C=O) groups is 1. The first-order chi connectivity index (χ1) is 16.1. The molecule has 4 saturated carbocycles. The minimum atomic E-state index is -1.74. The lowest BCUT2D eigenvalue weighted by Crippen LogP contribution is -2.56. The Morgan fingerprint density at radius 2 is 1.71 bits per heavy atom. The van der Waals surface area contributed by atoms with Gasteiger partial charge >= 0.3 is 5.97 Å². The smallest absolute Gasteiger partial charge is 0.302 e. The summed E-state index contributed by atoms with van der Waals surface area (Å²) in [7, 11) is -1.74. The normalized spacial score (nSPS) is 44.7. The lowest BCUT2D eigenvalue weighted by molar-refractivity contribution is -0.148. The lowest BCUT2D eigenvalue weighted by atomic mass is 9.44. The van der Waals surface area contributed by atoms with E-state index in [1.54, 1.807) is 0 Å². The average molecular weight is 507 g/mol. The molecule has 10 atom stereocenters. The molecule has 0 saturated heterocycles. The van der Waals surface area contributed by atoms with Crippen molar-refractivity contribution in [2.45, 2.75) is 130 Å². The van der Waals surface area contributed by atoms with Gasteiger partial charge in [-0.2, -0.15) is 0 Å². The maximum Gasteiger partial charge on any atom is 0.302 e. The third-order valence-corrected chi connectivity index (χ3v) is 16.7. The van der Waals surface area contributed by atoms with Crippen LogP contribution in [0.2, 0.25) is 18.1 Å². The fourth-order valence-electron chi connectivity index (χ4n) is 9.28. The number of rotatable bonds is 5. The first-order valence-corrected chi connectivity index (χ1v) is 17.5. The van der Waals surface area contributed by atoms with Crippen LogP contribution in [0.3, 0.4) is 0 Å². The van der Waals surface area contributed by atoms with Crippen LogP contribution in [0.15, 0.2) is 0 Å². The van der Waals surface area contributed by atoms with Crippen LogP contribution in [0.4, 0.5) is 0 Å². The molecular weight excluding hydrogens is 452 g/mol. The predicted octanol–water partition coefficient (Wildman–Crippen LogP) is 7.21. The molecule has 4 fully saturated rings. The van der Waals surface area contributed by atoms with Crippen LogP contribution < -0.4 is 0 Å². The number of fused-ring (bicyclic) bond motifs is 5. The molecule has 4 aliphatic rings. The van der Waals surface area contributed by atoms with Crippen molar-refractivity contribution >= 4 is 14.3 Å². The molecule has 0 aliphatic heterocycles. The second-order valence-electron chi connectivity index (χ2n) is 15.1. The van der Waals surface area contributed by atoms with Gasteiger partial charge in [-0.25, -0.2) is 0 Å². The number of esters is 1. The number of hydrogen-bond acceptors (Lipinski definition) is 4. The molecular formula is C30H54O4Si. The molecule has 1 unspecified atom stereocenters. The van der Waals surface area contributed by atoms with E-state index in [-0.39, 0.29) is 22.5 Å². The minimum Gasteiger partial charge on any atom is -0.466 e. The quantitative estimate of drug-likeness (QED) is 0.316. The molecule has 4 aliphatic carbocycles. The van der Waals surface area contributed by atoms with Gasteiger partial charge in [0.25, 0.3) is 0 Å². The molecule has 5 heteroatoms. The summed E-state index contributed by atoms with van der Waals surface area (Å²) in [4.78, 5) is 11.4. The van der Waals surface area contributed by atoms with E-state index in [0.717, 1.165) is 18.3 Å². The van der Waals surface area contributed by atoms with E-state index < -0.39 is 8.32 Å². The number of ether oxygens (including phenoxy) is 1. The molecule has 1 N–H and O–H groups in total. The van der Waals surface area contributed by atoms with Crippen molar-refractivity contribution in [3.05, 3.63) is 0 Å². The van der Waals surface area contributed by atoms with E-state index in [0.29, 0.717) is 41.8 Å². The Hall–Kier alpha value is -0.393. The summed E-state index contributed by atoms with van der Waals surface area (Å²) in [5.41, 5.74) is 0.546. The van der Waals surface area contributed by atoms with Crippen LogP contribution in [0.25, 0.3) is 0 Å². The van der Waals surface area contributed by atoms with Gasteiger partial charge in [0.1, 0.15) is 0 Å². The molecule has 4 nitrogen and oxygen atoms in total. The van der Waals surface area contributed by atoms with Gasteiger partial charge in [0.2, 0.25) is 0 Å². The van der Waals surface area contributed by atoms with E-state index in [9.17, 15) is 9.90 Å². The van der Waals surface area contributed by atoms with E-state index in [4.69, 9.17) is 9.16 Å². The van der Waals surface area contributed by atoms with Gasteiger partial charge in [0, 0.05) is 13.0 Å². The zero-order valence-corrected chi connectivity index (χ0v) is 25.2. The van der Waals surface area contributed by atoms with Crippen LogP contribution in [0.5, 0.6) is 0 Å². The predicted molar refractivity (Wildman–Crippen MR) is 144 cm³/mol. The maximum absolute atomic E-state index is 11.4. The Labute approximate surface area is 216 Å². The van der Waals surface area contributed by atoms with Gasteiger partial charge < -0.3 is 14.3 Å². The van der Waals surface area contributed by atoms with Crippen LogP contribution in [0, 0.1) is 46.3 Å². The van der Waals surface area contributed by atoms with Gasteiger partial charge in [-0.1, -0.05) is 41.5 Å². The van der Waals surface area contributed by atoms with E-state index in [2.05, 4.69) is 54.6 Å². The summed E-state index contributed by atoms with van der Waals surface area (Å²) in [5.74, 6) is 3.05. The van der Waals surface area contributed by atoms with Gasteiger partial charge in [-0.3, -0.25) is 4.79 Å². The fourth-order valence-corrected chi connectivity index (χ4v) is 10.7. The molecule has 35 heavy (non-hydrogen) atoms. The largest absolute Gasteiger partial charge is 0.466 e. The van der Waals surface area contributed by atoms with Crippen molar-refractivity contribution in [2.75, 3.05) is 6.61 Å². The van der Waals surface area contributed by atoms with Gasteiger partial charge in [-0.15, -0.1) is 0 Å². The molecule has 0 amide bonds. The zero-order chi connectivity index (χ0) is 26.0. The Kier molecular flexibility index (Phi) is 7.43. The standard InChI is InChI=1S/C30H54O4Si/c1-19(18-33-20(2)31)25-17-26(32)27-23-11-10-21-16-22(34-35(8,9)28(3,4)5)12-14-29(21,6)24(23)13-15-30(25,27)7/h19,21-27,32H,10-18H2,1-9H3/t19-,21?,22+,23-,24+,25-,26-,27-,29+,30-/m1/s1. The molecule has 202 valence electrons. The highest BCUT2D eigenvalue weighted by Gasteiger charge is 2.63. The Morgan fingerprint density at radius 3 is 2.34 bits per heavy atom. The molecule has 0 aromatic rings. The summed E-state index contributed by atoms with van der Waals surface area (Å²) in [6.45, 7) is 21.1. The summed E-state index contributed by atoms with van der Waals surface area (Å²) in [6, 6.07) is 0. The van der Waals surface area contributed by atoms with Crippen LogP contribution in [-0.4, -0.2) is 38.2 Å². The highest BCUT2D eigenvalue weighted by atomic mass is 28.4. The van der Waals surface area contributed by atoms with Crippen LogP contribution in [0.1, 0.15) is 99.8 Å². The van der Waals surface area contributed by atoms with E-state index >= 15 is 0 Å². The fraction of sp³-hybridized carbons (Fsp3) is 0.967. The topological polar surface area (TPSA) is 55.8 Å². The van der Waals surface area contributed by atoms with Crippen molar-refractivity contribution in [1.82, 2.24) is 0 Å². The Morgan fingerprint density at radius 1 is 1.06 bits per heavy atom. The number of hydrogen-bond donors (Lipinski definition) is 1. The summed E-state index contributed by atoms with van der Waals surface area (Å²) < 4.78 is 12.3. The molecule has 0 bridgehead atoms. The molecule has 0 radical (unpaired) electrons. The second kappa shape index (κ2) is 9.41. The van der Waals surface area contributed by atoms with Gasteiger partial charge in [0.05, 0.1) is 12.7 Å². The Balaban J connectivity index is 1.48. The van der Waals surface area contributed by atoms with Gasteiger partial charge in [-0.05, 0) is 116 Å². The van der Waals surface area contributed by atoms with E-state index in [1.165, 1.54) is 51.9 Å². The molecule has 0 heterocycles. The van der Waals surface area contributed by atoms with Crippen molar-refractivity contribution in [3.63, 3.8) is 0 Å². The monoisotopic (exact) mass is 506 g/mol. The number of aliphatic hydroxyl groups excluding tert-OH is 1. The van der Waals surface area contributed by atoms with E-state index in [1.807, 2.05) is 0 Å². The molecule has 4 rings (SSSR count). The van der Waals surface area contributed by atoms with Crippen molar-refractivity contribution in [2.24, 2.45) is 46.3 Å². The maximum atomic E-state index is 11.4. The lowest BCUT2D eigenvalue weighted by Gasteiger charge is -2.62. The third kappa shape index (κ3) is 4.80. The second-order valence-corrected chi connectivity index (χ2v) is 19.8. The summed E-state index contributed by atoms with van der Waals surface area (Å²) >= 11 is 0. The Bertz CT molecular complexity index is 790. The highest BCUT2D eigenvalue weighted by molar-refractivity contribution is 6.74. The summed E-state index contributed by atoms with van der Waals surface area (Å²) in [6.07, 6.45) is 9.87. The minimum absolute atomic E-state index is 0.159. The number of aliphatic hydroxyl groups is 1. The van der Waals surface area contributed by atoms with Crippen molar-refractivity contribution < 1.29 is 19.1 Å². The zero-order valence-electron chi connectivity index (χ0n) is 24.2. The van der Waals surface area contributed by atoms with Crippen LogP contribution in [-0.2, 0) is 14.0 Å². The first-order valence-electron chi connectivity index (χ1n) is 14.6. The van der Waals surface area contributed by atoms with Crippen LogP contribution >= 0.6 is 0 Å². The average Bonchev–Trinajstić information content (AvgIpc) is 3.02. The third-order valence-electron chi connectivity index (χ3n) is 12.2. The first kappa shape index (κ1) is 27.6. The molecule has 0 aromatic carbocycles. The highest BCUT2D eigenvalue weighted by Crippen LogP contribution is 2.68. The SMILES string of the molecule is CC(=O)OC[C@@H](C)[C@H]1C[C@@H](O)[C@H]2[C@@H]3CCC4C[C@@H](O[Si](C)(C)C(C)(C)C)CC[C@]4(C)[C@H]3CC[C@@]21C.